The van der Waals surface area contributed by atoms with Crippen LogP contribution in [0.5, 0.6) is 0 Å². The van der Waals surface area contributed by atoms with E-state index in [0.29, 0.717) is 5.69 Å². The normalized spacial score (nSPS) is 10.9. The number of anilines is 1. The van der Waals surface area contributed by atoms with E-state index < -0.39 is 17.6 Å². The van der Waals surface area contributed by atoms with E-state index in [9.17, 15) is 9.59 Å². The predicted octanol–water partition coefficient (Wildman–Crippen LogP) is 2.74. The van der Waals surface area contributed by atoms with Crippen LogP contribution in [0.4, 0.5) is 10.5 Å². The molecule has 0 atom stereocenters. The van der Waals surface area contributed by atoms with E-state index in [1.807, 2.05) is 0 Å². The molecule has 0 fully saturated rings. The van der Waals surface area contributed by atoms with Crippen LogP contribution in [0.15, 0.2) is 18.2 Å². The lowest BCUT2D eigenvalue weighted by Gasteiger charge is -2.20. The Kier molecular flexibility index (Phi) is 4.55. The maximum Gasteiger partial charge on any atom is 0.412 e. The van der Waals surface area contributed by atoms with Crippen LogP contribution in [0.2, 0.25) is 0 Å². The number of carbonyl (C=O) groups is 2. The first kappa shape index (κ1) is 14.7. The summed E-state index contributed by atoms with van der Waals surface area (Å²) in [5.74, 6) is -0.598. The largest absolute Gasteiger partial charge is 0.444 e. The molecule has 0 radical (unpaired) electrons. The highest BCUT2D eigenvalue weighted by atomic mass is 127. The molecule has 0 aromatic heterocycles. The summed E-state index contributed by atoms with van der Waals surface area (Å²) >= 11 is 2.06. The molecule has 6 heteroatoms. The number of carbonyl (C=O) groups excluding carboxylic acids is 2. The van der Waals surface area contributed by atoms with Crippen LogP contribution in [0, 0.1) is 3.57 Å². The number of primary amides is 1. The van der Waals surface area contributed by atoms with Crippen molar-refractivity contribution in [2.24, 2.45) is 5.73 Å². The van der Waals surface area contributed by atoms with Gasteiger partial charge in [0.25, 0.3) is 5.91 Å². The van der Waals surface area contributed by atoms with Gasteiger partial charge in [0.15, 0.2) is 0 Å². The standard InChI is InChI=1S/C12H15IN2O3/c1-12(2,3)18-11(17)15-9-5-4-7(13)6-8(9)10(14)16/h4-6H,1-3H3,(H2,14,16)(H,15,17). The number of rotatable bonds is 2. The quantitative estimate of drug-likeness (QED) is 0.794. The molecule has 0 bridgehead atoms. The van der Waals surface area contributed by atoms with Crippen LogP contribution in [0.3, 0.4) is 0 Å². The summed E-state index contributed by atoms with van der Waals surface area (Å²) < 4.78 is 5.96. The van der Waals surface area contributed by atoms with Crippen molar-refractivity contribution in [2.45, 2.75) is 26.4 Å². The van der Waals surface area contributed by atoms with Gasteiger partial charge in [0.1, 0.15) is 5.60 Å². The van der Waals surface area contributed by atoms with Gasteiger partial charge in [0.2, 0.25) is 0 Å². The van der Waals surface area contributed by atoms with Gasteiger partial charge in [-0.15, -0.1) is 0 Å². The van der Waals surface area contributed by atoms with Crippen molar-refractivity contribution in [1.82, 2.24) is 0 Å². The minimum atomic E-state index is -0.619. The first-order valence-electron chi connectivity index (χ1n) is 5.28. The topological polar surface area (TPSA) is 81.4 Å². The highest BCUT2D eigenvalue weighted by Crippen LogP contribution is 2.19. The Hall–Kier alpha value is -1.31. The Balaban J connectivity index is 2.91. The molecule has 0 unspecified atom stereocenters. The van der Waals surface area contributed by atoms with Crippen molar-refractivity contribution in [2.75, 3.05) is 5.32 Å². The predicted molar refractivity (Wildman–Crippen MR) is 77.5 cm³/mol. The zero-order valence-electron chi connectivity index (χ0n) is 10.4. The van der Waals surface area contributed by atoms with Crippen molar-refractivity contribution in [3.63, 3.8) is 0 Å². The number of halogens is 1. The maximum atomic E-state index is 11.6. The smallest absolute Gasteiger partial charge is 0.412 e. The molecular weight excluding hydrogens is 347 g/mol. The zero-order chi connectivity index (χ0) is 13.9. The van der Waals surface area contributed by atoms with Gasteiger partial charge in [0.05, 0.1) is 11.3 Å². The Labute approximate surface area is 119 Å². The zero-order valence-corrected chi connectivity index (χ0v) is 12.6. The molecule has 2 amide bonds. The molecule has 1 rings (SSSR count). The lowest BCUT2D eigenvalue weighted by Crippen LogP contribution is -2.28. The minimum absolute atomic E-state index is 0.257. The third-order valence-electron chi connectivity index (χ3n) is 1.88. The van der Waals surface area contributed by atoms with Gasteiger partial charge < -0.3 is 10.5 Å². The van der Waals surface area contributed by atoms with E-state index in [1.54, 1.807) is 39.0 Å². The average Bonchev–Trinajstić information content (AvgIpc) is 2.17. The highest BCUT2D eigenvalue weighted by molar-refractivity contribution is 14.1. The Morgan fingerprint density at radius 1 is 1.33 bits per heavy atom. The lowest BCUT2D eigenvalue weighted by molar-refractivity contribution is 0.0636. The van der Waals surface area contributed by atoms with E-state index >= 15 is 0 Å². The van der Waals surface area contributed by atoms with Crippen molar-refractivity contribution < 1.29 is 14.3 Å². The molecule has 1 aromatic rings. The van der Waals surface area contributed by atoms with E-state index in [1.165, 1.54) is 0 Å². The average molecular weight is 362 g/mol. The van der Waals surface area contributed by atoms with Gasteiger partial charge >= 0.3 is 6.09 Å². The number of benzene rings is 1. The third-order valence-corrected chi connectivity index (χ3v) is 2.55. The van der Waals surface area contributed by atoms with Gasteiger partial charge in [-0.1, -0.05) is 0 Å². The highest BCUT2D eigenvalue weighted by Gasteiger charge is 2.18. The summed E-state index contributed by atoms with van der Waals surface area (Å²) in [6.07, 6.45) is -0.619. The van der Waals surface area contributed by atoms with Gasteiger partial charge in [-0.25, -0.2) is 4.79 Å². The summed E-state index contributed by atoms with van der Waals surface area (Å²) in [5, 5.41) is 2.51. The number of nitrogens with two attached hydrogens (primary N) is 1. The fourth-order valence-corrected chi connectivity index (χ4v) is 1.73. The lowest BCUT2D eigenvalue weighted by atomic mass is 10.1. The fourth-order valence-electron chi connectivity index (χ4n) is 1.24. The van der Waals surface area contributed by atoms with E-state index in [0.717, 1.165) is 3.57 Å². The Bertz CT molecular complexity index is 481. The van der Waals surface area contributed by atoms with E-state index in [-0.39, 0.29) is 5.56 Å². The second kappa shape index (κ2) is 5.55. The molecule has 0 heterocycles. The molecule has 1 aromatic carbocycles. The summed E-state index contributed by atoms with van der Waals surface area (Å²) in [6, 6.07) is 4.99. The number of hydrogen-bond donors (Lipinski definition) is 2. The van der Waals surface area contributed by atoms with Crippen molar-refractivity contribution >= 4 is 40.3 Å². The van der Waals surface area contributed by atoms with Crippen LogP contribution >= 0.6 is 22.6 Å². The van der Waals surface area contributed by atoms with Crippen molar-refractivity contribution in [3.8, 4) is 0 Å². The van der Waals surface area contributed by atoms with Gasteiger partial charge in [0, 0.05) is 3.57 Å². The molecule has 0 spiro atoms. The molecule has 3 N–H and O–H groups in total. The first-order valence-corrected chi connectivity index (χ1v) is 6.36. The van der Waals surface area contributed by atoms with Gasteiger partial charge in [-0.3, -0.25) is 10.1 Å². The molecule has 98 valence electrons. The van der Waals surface area contributed by atoms with Crippen LogP contribution in [-0.2, 0) is 4.74 Å². The number of hydrogen-bond acceptors (Lipinski definition) is 3. The molecule has 18 heavy (non-hydrogen) atoms. The SMILES string of the molecule is CC(C)(C)OC(=O)Nc1ccc(I)cc1C(N)=O. The van der Waals surface area contributed by atoms with Crippen molar-refractivity contribution in [3.05, 3.63) is 27.3 Å². The summed E-state index contributed by atoms with van der Waals surface area (Å²) in [6.45, 7) is 5.28. The summed E-state index contributed by atoms with van der Waals surface area (Å²) in [7, 11) is 0. The van der Waals surface area contributed by atoms with Crippen LogP contribution < -0.4 is 11.1 Å². The van der Waals surface area contributed by atoms with E-state index in [2.05, 4.69) is 27.9 Å². The Morgan fingerprint density at radius 3 is 2.44 bits per heavy atom. The first-order chi connectivity index (χ1) is 8.19. The molecule has 0 saturated carbocycles. The fraction of sp³-hybridized carbons (Fsp3) is 0.333. The number of ether oxygens (including phenoxy) is 1. The molecule has 0 saturated heterocycles. The van der Waals surface area contributed by atoms with E-state index in [4.69, 9.17) is 10.5 Å². The van der Waals surface area contributed by atoms with Crippen LogP contribution in [0.25, 0.3) is 0 Å². The molecule has 0 aliphatic carbocycles. The minimum Gasteiger partial charge on any atom is -0.444 e. The molecular formula is C12H15IN2O3. The van der Waals surface area contributed by atoms with Crippen LogP contribution in [-0.4, -0.2) is 17.6 Å². The third kappa shape index (κ3) is 4.52. The Morgan fingerprint density at radius 2 is 1.94 bits per heavy atom. The van der Waals surface area contributed by atoms with Gasteiger partial charge in [-0.05, 0) is 61.6 Å². The molecule has 0 aliphatic heterocycles. The van der Waals surface area contributed by atoms with Crippen molar-refractivity contribution in [1.29, 1.82) is 0 Å². The summed E-state index contributed by atoms with van der Waals surface area (Å²) in [4.78, 5) is 22.9. The molecule has 0 aliphatic rings. The van der Waals surface area contributed by atoms with Crippen LogP contribution in [0.1, 0.15) is 31.1 Å². The second-order valence-electron chi connectivity index (χ2n) is 4.68. The second-order valence-corrected chi connectivity index (χ2v) is 5.93. The number of amides is 2. The van der Waals surface area contributed by atoms with Gasteiger partial charge in [-0.2, -0.15) is 0 Å². The summed E-state index contributed by atoms with van der Waals surface area (Å²) in [5.41, 5.74) is 5.26. The monoisotopic (exact) mass is 362 g/mol. The maximum absolute atomic E-state index is 11.6. The molecule has 5 nitrogen and oxygen atoms in total. The number of nitrogens with one attached hydrogen (secondary N) is 1.